The van der Waals surface area contributed by atoms with Gasteiger partial charge in [0.15, 0.2) is 0 Å². The highest BCUT2D eigenvalue weighted by atomic mass is 35.5. The van der Waals surface area contributed by atoms with Crippen LogP contribution in [0, 0.1) is 0 Å². The molecule has 0 aliphatic heterocycles. The Morgan fingerprint density at radius 1 is 1.18 bits per heavy atom. The molecule has 3 aromatic rings. The predicted molar refractivity (Wildman–Crippen MR) is 125 cm³/mol. The molecule has 3 amide bonds. The Morgan fingerprint density at radius 3 is 2.65 bits per heavy atom. The van der Waals surface area contributed by atoms with Crippen molar-refractivity contribution in [1.29, 1.82) is 0 Å². The second-order valence-electron chi connectivity index (χ2n) is 8.67. The maximum absolute atomic E-state index is 13.1. The first kappa shape index (κ1) is 23.9. The number of nitrogens with one attached hydrogen (secondary N) is 4. The van der Waals surface area contributed by atoms with Gasteiger partial charge in [-0.2, -0.15) is 13.2 Å². The number of halogens is 4. The number of carbonyl (C=O) groups excluding carboxylic acids is 2. The van der Waals surface area contributed by atoms with Gasteiger partial charge in [0.2, 0.25) is 0 Å². The average molecular weight is 493 g/mol. The number of carbonyl (C=O) groups is 2. The van der Waals surface area contributed by atoms with Crippen molar-refractivity contribution in [3.8, 4) is 0 Å². The number of hydrogen-bond donors (Lipinski definition) is 4. The summed E-state index contributed by atoms with van der Waals surface area (Å²) in [5, 5.41) is 8.60. The number of rotatable bonds is 4. The van der Waals surface area contributed by atoms with Crippen LogP contribution in [0.4, 0.5) is 23.7 Å². The van der Waals surface area contributed by atoms with E-state index in [0.29, 0.717) is 24.8 Å². The van der Waals surface area contributed by atoms with Crippen LogP contribution in [-0.4, -0.2) is 29.0 Å². The lowest BCUT2D eigenvalue weighted by atomic mass is 9.90. The van der Waals surface area contributed by atoms with E-state index in [1.54, 1.807) is 6.07 Å². The molecule has 0 radical (unpaired) electrons. The maximum Gasteiger partial charge on any atom is 0.417 e. The van der Waals surface area contributed by atoms with Crippen LogP contribution in [0.25, 0.3) is 10.9 Å². The highest BCUT2D eigenvalue weighted by Gasteiger charge is 2.33. The van der Waals surface area contributed by atoms with Gasteiger partial charge in [-0.05, 0) is 69.0 Å². The lowest BCUT2D eigenvalue weighted by Gasteiger charge is -2.24. The van der Waals surface area contributed by atoms with Crippen LogP contribution in [0.2, 0.25) is 5.02 Å². The molecule has 1 aliphatic carbocycles. The van der Waals surface area contributed by atoms with E-state index < -0.39 is 22.8 Å². The lowest BCUT2D eigenvalue weighted by molar-refractivity contribution is -0.137. The Labute approximate surface area is 199 Å². The van der Waals surface area contributed by atoms with Gasteiger partial charge in [-0.1, -0.05) is 17.7 Å². The number of alkyl halides is 3. The number of benzene rings is 2. The molecule has 1 atom stereocenters. The molecule has 34 heavy (non-hydrogen) atoms. The Bertz CT molecular complexity index is 1250. The molecule has 1 unspecified atom stereocenters. The molecule has 0 fully saturated rings. The zero-order valence-electron chi connectivity index (χ0n) is 18.6. The van der Waals surface area contributed by atoms with Gasteiger partial charge < -0.3 is 20.9 Å². The number of aromatic nitrogens is 1. The first-order valence-corrected chi connectivity index (χ1v) is 11.3. The highest BCUT2D eigenvalue weighted by molar-refractivity contribution is 6.31. The van der Waals surface area contributed by atoms with Crippen molar-refractivity contribution in [1.82, 2.24) is 15.6 Å². The summed E-state index contributed by atoms with van der Waals surface area (Å²) >= 11 is 5.64. The fraction of sp³-hybridized carbons (Fsp3) is 0.333. The minimum Gasteiger partial charge on any atom is -0.358 e. The molecule has 0 bridgehead atoms. The summed E-state index contributed by atoms with van der Waals surface area (Å²) in [4.78, 5) is 28.6. The zero-order chi connectivity index (χ0) is 24.6. The molecule has 1 aromatic heterocycles. The third kappa shape index (κ3) is 4.99. The van der Waals surface area contributed by atoms with Gasteiger partial charge in [-0.25, -0.2) is 4.79 Å². The second-order valence-corrected chi connectivity index (χ2v) is 9.08. The van der Waals surface area contributed by atoms with Crippen molar-refractivity contribution in [2.75, 3.05) is 5.32 Å². The summed E-state index contributed by atoms with van der Waals surface area (Å²) in [5.74, 6) is -0.168. The summed E-state index contributed by atoms with van der Waals surface area (Å²) in [6, 6.07) is 7.86. The van der Waals surface area contributed by atoms with Crippen molar-refractivity contribution in [2.45, 2.75) is 51.4 Å². The van der Waals surface area contributed by atoms with Crippen LogP contribution in [0.3, 0.4) is 0 Å². The minimum atomic E-state index is -4.63. The molecule has 6 nitrogen and oxygen atoms in total. The van der Waals surface area contributed by atoms with Gasteiger partial charge >= 0.3 is 12.2 Å². The molecule has 4 rings (SSSR count). The smallest absolute Gasteiger partial charge is 0.358 e. The molecule has 180 valence electrons. The van der Waals surface area contributed by atoms with Gasteiger partial charge in [-0.15, -0.1) is 0 Å². The van der Waals surface area contributed by atoms with E-state index in [1.165, 1.54) is 6.07 Å². The summed E-state index contributed by atoms with van der Waals surface area (Å²) in [6.07, 6.45) is -2.82. The van der Waals surface area contributed by atoms with E-state index in [9.17, 15) is 22.8 Å². The number of aryl methyl sites for hydroxylation is 1. The van der Waals surface area contributed by atoms with Crippen molar-refractivity contribution >= 4 is 40.1 Å². The molecule has 1 heterocycles. The van der Waals surface area contributed by atoms with Crippen LogP contribution in [-0.2, 0) is 19.0 Å². The molecule has 1 aliphatic rings. The van der Waals surface area contributed by atoms with E-state index in [-0.39, 0.29) is 23.7 Å². The quantitative estimate of drug-likeness (QED) is 0.379. The Kier molecular flexibility index (Phi) is 6.49. The fourth-order valence-corrected chi connectivity index (χ4v) is 4.53. The molecule has 0 saturated heterocycles. The number of H-pyrrole nitrogens is 1. The maximum atomic E-state index is 13.1. The molecular formula is C24H24ClF3N4O2. The molecule has 0 saturated carbocycles. The number of amides is 3. The minimum absolute atomic E-state index is 0.00883. The van der Waals surface area contributed by atoms with Gasteiger partial charge in [0.05, 0.1) is 10.6 Å². The van der Waals surface area contributed by atoms with E-state index in [4.69, 9.17) is 11.6 Å². The monoisotopic (exact) mass is 492 g/mol. The van der Waals surface area contributed by atoms with Gasteiger partial charge in [0.25, 0.3) is 5.91 Å². The van der Waals surface area contributed by atoms with Gasteiger partial charge in [0, 0.05) is 39.9 Å². The molecule has 10 heteroatoms. The summed E-state index contributed by atoms with van der Waals surface area (Å²) in [6.45, 7) is 3.78. The molecule has 4 N–H and O–H groups in total. The van der Waals surface area contributed by atoms with E-state index >= 15 is 0 Å². The van der Waals surface area contributed by atoms with E-state index in [0.717, 1.165) is 34.3 Å². The van der Waals surface area contributed by atoms with Gasteiger partial charge in [-0.3, -0.25) is 4.79 Å². The second kappa shape index (κ2) is 9.21. The molecule has 0 spiro atoms. The fourth-order valence-electron chi connectivity index (χ4n) is 4.30. The van der Waals surface area contributed by atoms with Crippen LogP contribution < -0.4 is 16.0 Å². The third-order valence-electron chi connectivity index (χ3n) is 5.74. The highest BCUT2D eigenvalue weighted by Crippen LogP contribution is 2.36. The SMILES string of the molecule is CC(C)NC(=O)c1cccc2[nH]c3c(c12)CC(NC(=O)Nc1ccc(Cl)c(C(F)(F)F)c1)CC3. The zero-order valence-corrected chi connectivity index (χ0v) is 19.3. The third-order valence-corrected chi connectivity index (χ3v) is 6.07. The molecular weight excluding hydrogens is 469 g/mol. The summed E-state index contributed by atoms with van der Waals surface area (Å²) < 4.78 is 39.3. The van der Waals surface area contributed by atoms with E-state index in [2.05, 4.69) is 20.9 Å². The number of aromatic amines is 1. The number of anilines is 1. The average Bonchev–Trinajstić information content (AvgIpc) is 3.12. The first-order valence-electron chi connectivity index (χ1n) is 10.9. The van der Waals surface area contributed by atoms with Crippen molar-refractivity contribution in [3.63, 3.8) is 0 Å². The van der Waals surface area contributed by atoms with Crippen LogP contribution in [0.5, 0.6) is 0 Å². The van der Waals surface area contributed by atoms with Crippen molar-refractivity contribution in [3.05, 3.63) is 63.8 Å². The summed E-state index contributed by atoms with van der Waals surface area (Å²) in [7, 11) is 0. The number of urea groups is 1. The van der Waals surface area contributed by atoms with Crippen LogP contribution >= 0.6 is 11.6 Å². The van der Waals surface area contributed by atoms with Crippen LogP contribution in [0.15, 0.2) is 36.4 Å². The van der Waals surface area contributed by atoms with Crippen LogP contribution in [0.1, 0.15) is 47.4 Å². The normalized spacial score (nSPS) is 15.8. The Hall–Kier alpha value is -3.20. The van der Waals surface area contributed by atoms with Gasteiger partial charge in [0.1, 0.15) is 0 Å². The Morgan fingerprint density at radius 2 is 1.94 bits per heavy atom. The lowest BCUT2D eigenvalue weighted by Crippen LogP contribution is -2.41. The first-order chi connectivity index (χ1) is 16.0. The number of fused-ring (bicyclic) bond motifs is 3. The van der Waals surface area contributed by atoms with Crippen molar-refractivity contribution < 1.29 is 22.8 Å². The standard InChI is InChI=1S/C24H24ClF3N4O2/c1-12(2)29-22(33)15-4-3-5-20-21(15)16-10-13(7-9-19(16)32-20)30-23(34)31-14-6-8-18(25)17(11-14)24(26,27)28/h3-6,8,11-13,32H,7,9-10H2,1-2H3,(H,29,33)(H2,30,31,34). The number of hydrogen-bond acceptors (Lipinski definition) is 2. The molecule has 2 aromatic carbocycles. The Balaban J connectivity index is 1.51. The predicted octanol–water partition coefficient (Wildman–Crippen LogP) is 5.66. The van der Waals surface area contributed by atoms with E-state index in [1.807, 2.05) is 26.0 Å². The van der Waals surface area contributed by atoms with Crippen molar-refractivity contribution in [2.24, 2.45) is 0 Å². The largest absolute Gasteiger partial charge is 0.417 e. The summed E-state index contributed by atoms with van der Waals surface area (Å²) in [5.41, 5.74) is 2.38. The topological polar surface area (TPSA) is 86.0 Å².